The lowest BCUT2D eigenvalue weighted by molar-refractivity contribution is 0.0924. The molecule has 5 heteroatoms. The first-order chi connectivity index (χ1) is 11.6. The van der Waals surface area contributed by atoms with E-state index in [-0.39, 0.29) is 6.04 Å². The Morgan fingerprint density at radius 1 is 1.12 bits per heavy atom. The minimum absolute atomic E-state index is 0.0807. The zero-order chi connectivity index (χ0) is 17.1. The normalized spacial score (nSPS) is 15.6. The van der Waals surface area contributed by atoms with Gasteiger partial charge in [-0.2, -0.15) is 0 Å². The van der Waals surface area contributed by atoms with Crippen molar-refractivity contribution in [1.82, 2.24) is 10.2 Å². The second-order valence-electron chi connectivity index (χ2n) is 6.14. The largest absolute Gasteiger partial charge is 0.350 e. The third kappa shape index (κ3) is 3.46. The number of nitrogens with one attached hydrogen (secondary N) is 1. The highest BCUT2D eigenvalue weighted by Crippen LogP contribution is 2.20. The quantitative estimate of drug-likeness (QED) is 0.934. The highest BCUT2D eigenvalue weighted by Gasteiger charge is 2.22. The number of carbonyl (C=O) groups is 1. The molecule has 1 atom stereocenters. The maximum absolute atomic E-state index is 13.6. The summed E-state index contributed by atoms with van der Waals surface area (Å²) in [4.78, 5) is 14.3. The first kappa shape index (κ1) is 16.6. The van der Waals surface area contributed by atoms with Gasteiger partial charge in [0.05, 0.1) is 0 Å². The zero-order valence-electron chi connectivity index (χ0n) is 13.6. The molecule has 1 unspecified atom stereocenters. The molecule has 0 bridgehead atoms. The van der Waals surface area contributed by atoms with Crippen LogP contribution in [0, 0.1) is 11.6 Å². The molecule has 0 saturated heterocycles. The van der Waals surface area contributed by atoms with Gasteiger partial charge in [-0.05, 0) is 36.6 Å². The third-order valence-electron chi connectivity index (χ3n) is 4.53. The second-order valence-corrected chi connectivity index (χ2v) is 6.14. The highest BCUT2D eigenvalue weighted by molar-refractivity contribution is 5.94. The summed E-state index contributed by atoms with van der Waals surface area (Å²) in [5.41, 5.74) is 2.13. The molecule has 0 spiro atoms. The Balaban J connectivity index is 1.60. The molecule has 0 aliphatic carbocycles. The molecule has 1 aliphatic rings. The van der Waals surface area contributed by atoms with Gasteiger partial charge in [-0.1, -0.05) is 30.3 Å². The van der Waals surface area contributed by atoms with E-state index in [1.807, 2.05) is 19.1 Å². The van der Waals surface area contributed by atoms with Gasteiger partial charge >= 0.3 is 0 Å². The lowest BCUT2D eigenvalue weighted by Crippen LogP contribution is -2.44. The fourth-order valence-electron chi connectivity index (χ4n) is 3.07. The number of amides is 1. The number of hydrogen-bond donors (Lipinski definition) is 1. The molecule has 1 amide bonds. The summed E-state index contributed by atoms with van der Waals surface area (Å²) in [5.74, 6) is -2.39. The minimum Gasteiger partial charge on any atom is -0.350 e. The third-order valence-corrected chi connectivity index (χ3v) is 4.53. The van der Waals surface area contributed by atoms with E-state index in [2.05, 4.69) is 22.3 Å². The molecular weight excluding hydrogens is 310 g/mol. The first-order valence-electron chi connectivity index (χ1n) is 8.09. The van der Waals surface area contributed by atoms with Crippen LogP contribution in [0.25, 0.3) is 0 Å². The van der Waals surface area contributed by atoms with Crippen molar-refractivity contribution < 1.29 is 13.6 Å². The summed E-state index contributed by atoms with van der Waals surface area (Å²) in [5, 5.41) is 2.64. The standard InChI is InChI=1S/C19H20F2N2O/c1-13(23-10-9-14-5-2-3-6-15(14)12-23)11-22-19(24)18-16(20)7-4-8-17(18)21/h2-8,13H,9-12H2,1H3,(H,22,24). The van der Waals surface area contributed by atoms with Crippen molar-refractivity contribution >= 4 is 5.91 Å². The van der Waals surface area contributed by atoms with E-state index in [0.29, 0.717) is 6.54 Å². The molecule has 2 aromatic carbocycles. The van der Waals surface area contributed by atoms with Crippen molar-refractivity contribution in [3.05, 3.63) is 70.8 Å². The Morgan fingerprint density at radius 2 is 1.79 bits per heavy atom. The maximum Gasteiger partial charge on any atom is 0.257 e. The summed E-state index contributed by atoms with van der Waals surface area (Å²) in [6.45, 7) is 4.07. The zero-order valence-corrected chi connectivity index (χ0v) is 13.6. The number of fused-ring (bicyclic) bond motifs is 1. The number of halogens is 2. The molecule has 2 aromatic rings. The van der Waals surface area contributed by atoms with E-state index in [0.717, 1.165) is 31.6 Å². The Hall–Kier alpha value is -2.27. The van der Waals surface area contributed by atoms with Crippen molar-refractivity contribution in [2.75, 3.05) is 13.1 Å². The fourth-order valence-corrected chi connectivity index (χ4v) is 3.07. The summed E-state index contributed by atoms with van der Waals surface area (Å²) in [7, 11) is 0. The van der Waals surface area contributed by atoms with Gasteiger partial charge in [-0.3, -0.25) is 9.69 Å². The van der Waals surface area contributed by atoms with Gasteiger partial charge in [0, 0.05) is 25.7 Å². The predicted molar refractivity (Wildman–Crippen MR) is 88.7 cm³/mol. The predicted octanol–water partition coefficient (Wildman–Crippen LogP) is 3.14. The minimum atomic E-state index is -0.841. The number of carbonyl (C=O) groups excluding carboxylic acids is 1. The van der Waals surface area contributed by atoms with E-state index in [4.69, 9.17) is 0 Å². The van der Waals surface area contributed by atoms with Crippen molar-refractivity contribution in [3.63, 3.8) is 0 Å². The van der Waals surface area contributed by atoms with Crippen molar-refractivity contribution in [2.24, 2.45) is 0 Å². The summed E-state index contributed by atoms with van der Waals surface area (Å²) < 4.78 is 27.3. The first-order valence-corrected chi connectivity index (χ1v) is 8.09. The Morgan fingerprint density at radius 3 is 2.50 bits per heavy atom. The van der Waals surface area contributed by atoms with Gasteiger partial charge in [0.25, 0.3) is 5.91 Å². The van der Waals surface area contributed by atoms with Gasteiger partial charge in [0.15, 0.2) is 0 Å². The van der Waals surface area contributed by atoms with Gasteiger partial charge in [-0.15, -0.1) is 0 Å². The molecule has 0 saturated carbocycles. The number of rotatable bonds is 4. The van der Waals surface area contributed by atoms with Gasteiger partial charge in [0.2, 0.25) is 0 Å². The molecule has 0 fully saturated rings. The van der Waals surface area contributed by atoms with Crippen LogP contribution in [0.2, 0.25) is 0 Å². The van der Waals surface area contributed by atoms with E-state index in [1.54, 1.807) is 0 Å². The van der Waals surface area contributed by atoms with Crippen LogP contribution in [0.4, 0.5) is 8.78 Å². The lowest BCUT2D eigenvalue weighted by Gasteiger charge is -2.33. The second kappa shape index (κ2) is 7.09. The molecule has 3 rings (SSSR count). The van der Waals surface area contributed by atoms with E-state index >= 15 is 0 Å². The average Bonchev–Trinajstić information content (AvgIpc) is 2.59. The maximum atomic E-state index is 13.6. The lowest BCUT2D eigenvalue weighted by atomic mass is 9.99. The van der Waals surface area contributed by atoms with Crippen LogP contribution in [-0.2, 0) is 13.0 Å². The number of nitrogens with zero attached hydrogens (tertiary/aromatic N) is 1. The van der Waals surface area contributed by atoms with Crippen LogP contribution in [0.3, 0.4) is 0 Å². The van der Waals surface area contributed by atoms with Crippen LogP contribution in [0.1, 0.15) is 28.4 Å². The van der Waals surface area contributed by atoms with Gasteiger partial charge in [-0.25, -0.2) is 8.78 Å². The van der Waals surface area contributed by atoms with Gasteiger partial charge < -0.3 is 5.32 Å². The Kier molecular flexibility index (Phi) is 4.90. The Labute approximate surface area is 140 Å². The van der Waals surface area contributed by atoms with Crippen LogP contribution >= 0.6 is 0 Å². The van der Waals surface area contributed by atoms with Crippen LogP contribution < -0.4 is 5.32 Å². The molecule has 1 aliphatic heterocycles. The summed E-state index contributed by atoms with van der Waals surface area (Å²) >= 11 is 0. The molecule has 126 valence electrons. The van der Waals surface area contributed by atoms with E-state index < -0.39 is 23.1 Å². The SMILES string of the molecule is CC(CNC(=O)c1c(F)cccc1F)N1CCc2ccccc2C1. The molecule has 24 heavy (non-hydrogen) atoms. The monoisotopic (exact) mass is 330 g/mol. The molecule has 3 nitrogen and oxygen atoms in total. The highest BCUT2D eigenvalue weighted by atomic mass is 19.1. The van der Waals surface area contributed by atoms with E-state index in [9.17, 15) is 13.6 Å². The topological polar surface area (TPSA) is 32.3 Å². The molecule has 1 heterocycles. The van der Waals surface area contributed by atoms with Crippen molar-refractivity contribution in [2.45, 2.75) is 25.9 Å². The molecule has 0 aromatic heterocycles. The smallest absolute Gasteiger partial charge is 0.257 e. The van der Waals surface area contributed by atoms with Crippen molar-refractivity contribution in [1.29, 1.82) is 0 Å². The molecule has 1 N–H and O–H groups in total. The van der Waals surface area contributed by atoms with Crippen molar-refractivity contribution in [3.8, 4) is 0 Å². The Bertz CT molecular complexity index is 728. The van der Waals surface area contributed by atoms with Crippen LogP contribution in [0.15, 0.2) is 42.5 Å². The number of hydrogen-bond acceptors (Lipinski definition) is 2. The van der Waals surface area contributed by atoms with Crippen LogP contribution in [0.5, 0.6) is 0 Å². The number of benzene rings is 2. The fraction of sp³-hybridized carbons (Fsp3) is 0.316. The van der Waals surface area contributed by atoms with E-state index in [1.165, 1.54) is 17.2 Å². The molecule has 0 radical (unpaired) electrons. The average molecular weight is 330 g/mol. The van der Waals surface area contributed by atoms with Crippen LogP contribution in [-0.4, -0.2) is 29.9 Å². The molecular formula is C19H20F2N2O. The summed E-state index contributed by atoms with van der Waals surface area (Å²) in [6, 6.07) is 11.8. The van der Waals surface area contributed by atoms with Gasteiger partial charge in [0.1, 0.15) is 17.2 Å². The summed E-state index contributed by atoms with van der Waals surface area (Å²) in [6.07, 6.45) is 0.969.